The van der Waals surface area contributed by atoms with E-state index in [4.69, 9.17) is 28.0 Å². The summed E-state index contributed by atoms with van der Waals surface area (Å²) in [5, 5.41) is 18.3. The second-order valence-corrected chi connectivity index (χ2v) is 9.30. The molecule has 0 unspecified atom stereocenters. The summed E-state index contributed by atoms with van der Waals surface area (Å²) in [6.45, 7) is 0. The van der Waals surface area contributed by atoms with E-state index in [1.54, 1.807) is 0 Å². The van der Waals surface area contributed by atoms with Gasteiger partial charge in [0.05, 0.1) is 6.04 Å². The predicted octanol–water partition coefficient (Wildman–Crippen LogP) is -5.01. The molecule has 226 valence electrons. The third kappa shape index (κ3) is 14.5. The van der Waals surface area contributed by atoms with E-state index in [-0.39, 0.29) is 50.0 Å². The van der Waals surface area contributed by atoms with Crippen molar-refractivity contribution in [1.82, 2.24) is 21.3 Å². The topological polar surface area (TPSA) is 309 Å². The smallest absolute Gasteiger partial charge is 0.327 e. The van der Waals surface area contributed by atoms with Gasteiger partial charge in [-0.05, 0) is 19.3 Å². The van der Waals surface area contributed by atoms with Crippen LogP contribution in [0.15, 0.2) is 0 Å². The minimum Gasteiger partial charge on any atom is -0.480 e. The van der Waals surface area contributed by atoms with Gasteiger partial charge >= 0.3 is 5.97 Å². The van der Waals surface area contributed by atoms with Crippen LogP contribution in [-0.4, -0.2) is 94.1 Å². The molecule has 7 amide bonds. The lowest BCUT2D eigenvalue weighted by Gasteiger charge is -2.26. The van der Waals surface area contributed by atoms with Crippen molar-refractivity contribution in [3.63, 3.8) is 0 Å². The summed E-state index contributed by atoms with van der Waals surface area (Å²) >= 11 is 7.75. The SMILES string of the molecule is NC(=O)CC[C@H](NC(=O)[C@H](CCC(N)=O)NC(=O)[C@H](CCC(N)=O)NC(=O)[C@@H](N)CS)C(=O)N[C@@H](CS)C(=O)O. The van der Waals surface area contributed by atoms with Crippen LogP contribution in [0, 0.1) is 0 Å². The van der Waals surface area contributed by atoms with Gasteiger partial charge in [0, 0.05) is 30.8 Å². The molecule has 0 aliphatic carbocycles. The first-order valence-corrected chi connectivity index (χ1v) is 13.2. The van der Waals surface area contributed by atoms with Gasteiger partial charge in [-0.15, -0.1) is 0 Å². The minimum absolute atomic E-state index is 0.0651. The highest BCUT2D eigenvalue weighted by Crippen LogP contribution is 2.06. The lowest BCUT2D eigenvalue weighted by atomic mass is 10.0. The number of carbonyl (C=O) groups is 8. The molecule has 0 aliphatic rings. The highest BCUT2D eigenvalue weighted by atomic mass is 32.1. The van der Waals surface area contributed by atoms with E-state index in [0.717, 1.165) is 0 Å². The van der Waals surface area contributed by atoms with Gasteiger partial charge in [-0.3, -0.25) is 33.6 Å². The van der Waals surface area contributed by atoms with Crippen molar-refractivity contribution in [1.29, 1.82) is 0 Å². The summed E-state index contributed by atoms with van der Waals surface area (Å²) in [6, 6.07) is -6.88. The zero-order valence-electron chi connectivity index (χ0n) is 21.5. The molecule has 13 N–H and O–H groups in total. The molecular formula is C21H36N8O9S2. The number of carbonyl (C=O) groups excluding carboxylic acids is 7. The van der Waals surface area contributed by atoms with Gasteiger partial charge in [-0.25, -0.2) is 4.79 Å². The van der Waals surface area contributed by atoms with Gasteiger partial charge in [0.25, 0.3) is 0 Å². The highest BCUT2D eigenvalue weighted by Gasteiger charge is 2.32. The van der Waals surface area contributed by atoms with Crippen LogP contribution < -0.4 is 44.2 Å². The molecule has 17 nitrogen and oxygen atoms in total. The van der Waals surface area contributed by atoms with E-state index >= 15 is 0 Å². The number of aliphatic carboxylic acids is 1. The fourth-order valence-electron chi connectivity index (χ4n) is 3.03. The molecule has 0 aromatic heterocycles. The van der Waals surface area contributed by atoms with Crippen molar-refractivity contribution in [2.75, 3.05) is 11.5 Å². The van der Waals surface area contributed by atoms with Crippen molar-refractivity contribution in [2.45, 2.75) is 68.7 Å². The maximum Gasteiger partial charge on any atom is 0.327 e. The summed E-state index contributed by atoms with van der Waals surface area (Å²) in [5.41, 5.74) is 21.0. The van der Waals surface area contributed by atoms with Crippen LogP contribution in [-0.2, 0) is 38.4 Å². The van der Waals surface area contributed by atoms with E-state index in [0.29, 0.717) is 0 Å². The Morgan fingerprint density at radius 1 is 0.550 bits per heavy atom. The Labute approximate surface area is 240 Å². The normalized spacial score (nSPS) is 14.4. The van der Waals surface area contributed by atoms with Crippen LogP contribution in [0.3, 0.4) is 0 Å². The first-order chi connectivity index (χ1) is 18.6. The van der Waals surface area contributed by atoms with Crippen LogP contribution in [0.1, 0.15) is 38.5 Å². The lowest BCUT2D eigenvalue weighted by molar-refractivity contribution is -0.141. The number of rotatable bonds is 20. The maximum atomic E-state index is 13.1. The van der Waals surface area contributed by atoms with Crippen molar-refractivity contribution in [3.8, 4) is 0 Å². The summed E-state index contributed by atoms with van der Waals surface area (Å²) in [5.74, 6) is -7.91. The number of primary amides is 3. The Balaban J connectivity index is 5.94. The second kappa shape index (κ2) is 18.7. The molecule has 0 bridgehead atoms. The largest absolute Gasteiger partial charge is 0.480 e. The van der Waals surface area contributed by atoms with E-state index in [2.05, 4.69) is 46.5 Å². The summed E-state index contributed by atoms with van der Waals surface area (Å²) in [6.07, 6.45) is -2.03. The number of hydrogen-bond donors (Lipinski definition) is 11. The first-order valence-electron chi connectivity index (χ1n) is 11.9. The first kappa shape index (κ1) is 36.4. The average Bonchev–Trinajstić information content (AvgIpc) is 2.87. The molecule has 5 atom stereocenters. The molecule has 0 saturated carbocycles. The monoisotopic (exact) mass is 608 g/mol. The fraction of sp³-hybridized carbons (Fsp3) is 0.619. The van der Waals surface area contributed by atoms with Crippen LogP contribution in [0.5, 0.6) is 0 Å². The molecular weight excluding hydrogens is 572 g/mol. The summed E-state index contributed by atoms with van der Waals surface area (Å²) in [7, 11) is 0. The predicted molar refractivity (Wildman–Crippen MR) is 146 cm³/mol. The molecule has 19 heteroatoms. The van der Waals surface area contributed by atoms with Gasteiger partial charge in [-0.2, -0.15) is 25.3 Å². The zero-order valence-corrected chi connectivity index (χ0v) is 23.2. The molecule has 0 aliphatic heterocycles. The number of nitrogens with one attached hydrogen (secondary N) is 4. The van der Waals surface area contributed by atoms with Gasteiger partial charge in [0.1, 0.15) is 24.2 Å². The van der Waals surface area contributed by atoms with E-state index in [1.807, 2.05) is 0 Å². The lowest BCUT2D eigenvalue weighted by Crippen LogP contribution is -2.59. The van der Waals surface area contributed by atoms with Gasteiger partial charge in [0.15, 0.2) is 0 Å². The van der Waals surface area contributed by atoms with Crippen molar-refractivity contribution >= 4 is 72.6 Å². The molecule has 0 heterocycles. The Bertz CT molecular complexity index is 968. The third-order valence-electron chi connectivity index (χ3n) is 5.27. The van der Waals surface area contributed by atoms with Crippen LogP contribution in [0.2, 0.25) is 0 Å². The number of nitrogens with two attached hydrogens (primary N) is 4. The van der Waals surface area contributed by atoms with E-state index in [9.17, 15) is 38.4 Å². The zero-order chi connectivity index (χ0) is 31.0. The summed E-state index contributed by atoms with van der Waals surface area (Å²) in [4.78, 5) is 96.2. The number of carboxylic acids is 1. The second-order valence-electron chi connectivity index (χ2n) is 8.57. The maximum absolute atomic E-state index is 13.1. The molecule has 0 spiro atoms. The van der Waals surface area contributed by atoms with E-state index < -0.39 is 77.5 Å². The Kier molecular flexibility index (Phi) is 17.0. The van der Waals surface area contributed by atoms with Crippen LogP contribution in [0.25, 0.3) is 0 Å². The number of amides is 7. The standard InChI is InChI=1S/C21H36N8O9S2/c22-9(7-39)17(33)26-10(1-4-14(23)30)18(34)27-11(2-5-15(24)31)19(35)28-12(3-6-16(25)32)20(36)29-13(8-40)21(37)38/h9-13,39-40H,1-8,22H2,(H2,23,30)(H2,24,31)(H2,25,32)(H,26,33)(H,27,34)(H,28,35)(H,29,36)(H,37,38)/t9-,10-,11-,12-,13-/m0/s1. The van der Waals surface area contributed by atoms with Gasteiger partial charge in [-0.1, -0.05) is 0 Å². The molecule has 0 rings (SSSR count). The number of thiol groups is 2. The molecule has 0 aromatic carbocycles. The van der Waals surface area contributed by atoms with Crippen molar-refractivity contribution in [2.24, 2.45) is 22.9 Å². The molecule has 0 fully saturated rings. The third-order valence-corrected chi connectivity index (χ3v) is 6.03. The minimum atomic E-state index is -1.50. The van der Waals surface area contributed by atoms with Gasteiger partial charge < -0.3 is 49.3 Å². The average molecular weight is 609 g/mol. The number of hydrogen-bond acceptors (Lipinski definition) is 11. The van der Waals surface area contributed by atoms with E-state index in [1.165, 1.54) is 0 Å². The quantitative estimate of drug-likeness (QED) is 0.0584. The molecule has 0 saturated heterocycles. The fourth-order valence-corrected chi connectivity index (χ4v) is 3.44. The van der Waals surface area contributed by atoms with Crippen LogP contribution in [0.4, 0.5) is 0 Å². The Hall–Kier alpha value is -3.58. The highest BCUT2D eigenvalue weighted by molar-refractivity contribution is 7.80. The Morgan fingerprint density at radius 3 is 1.10 bits per heavy atom. The van der Waals surface area contributed by atoms with Crippen molar-refractivity contribution < 1.29 is 43.5 Å². The van der Waals surface area contributed by atoms with Gasteiger partial charge in [0.2, 0.25) is 41.4 Å². The van der Waals surface area contributed by atoms with Crippen molar-refractivity contribution in [3.05, 3.63) is 0 Å². The number of carboxylic acid groups (broad SMARTS) is 1. The molecule has 40 heavy (non-hydrogen) atoms. The molecule has 0 aromatic rings. The van der Waals surface area contributed by atoms with Crippen LogP contribution >= 0.6 is 25.3 Å². The molecule has 0 radical (unpaired) electrons. The Morgan fingerprint density at radius 2 is 0.850 bits per heavy atom. The summed E-state index contributed by atoms with van der Waals surface area (Å²) < 4.78 is 0.